The number of ketones is 1. The van der Waals surface area contributed by atoms with Crippen LogP contribution in [0.3, 0.4) is 0 Å². The van der Waals surface area contributed by atoms with Gasteiger partial charge < -0.3 is 9.47 Å². The van der Waals surface area contributed by atoms with Crippen LogP contribution in [0.2, 0.25) is 0 Å². The summed E-state index contributed by atoms with van der Waals surface area (Å²) in [7, 11) is 1.55. The number of Topliss-reactive ketones (excluding diaryl/α,β-unsaturated/α-hetero) is 1. The molecule has 0 fully saturated rings. The van der Waals surface area contributed by atoms with Crippen LogP contribution in [-0.4, -0.2) is 29.3 Å². The molecule has 2 heterocycles. The van der Waals surface area contributed by atoms with E-state index >= 15 is 0 Å². The molecule has 0 saturated heterocycles. The van der Waals surface area contributed by atoms with Gasteiger partial charge in [-0.3, -0.25) is 9.48 Å². The summed E-state index contributed by atoms with van der Waals surface area (Å²) in [6, 6.07) is 7.64. The van der Waals surface area contributed by atoms with Gasteiger partial charge in [-0.2, -0.15) is 5.10 Å². The maximum absolute atomic E-state index is 12.8. The van der Waals surface area contributed by atoms with Gasteiger partial charge in [0.1, 0.15) is 18.1 Å². The van der Waals surface area contributed by atoms with Gasteiger partial charge in [-0.05, 0) is 13.0 Å². The van der Waals surface area contributed by atoms with Crippen molar-refractivity contribution in [3.05, 3.63) is 41.7 Å². The number of para-hydroxylation sites is 1. The van der Waals surface area contributed by atoms with Gasteiger partial charge in [0.2, 0.25) is 0 Å². The van der Waals surface area contributed by atoms with E-state index in [1.807, 2.05) is 31.2 Å². The minimum Gasteiger partial charge on any atom is -0.493 e. The Bertz CT molecular complexity index is 627. The average Bonchev–Trinajstić information content (AvgIpc) is 3.10. The second-order valence-electron chi connectivity index (χ2n) is 4.64. The Labute approximate surface area is 117 Å². The molecule has 0 saturated carbocycles. The van der Waals surface area contributed by atoms with Gasteiger partial charge >= 0.3 is 0 Å². The number of ether oxygens (including phenoxy) is 2. The van der Waals surface area contributed by atoms with E-state index in [0.29, 0.717) is 24.6 Å². The van der Waals surface area contributed by atoms with Crippen LogP contribution in [0, 0.1) is 0 Å². The van der Waals surface area contributed by atoms with E-state index in [2.05, 4.69) is 5.10 Å². The normalized spacial score (nSPS) is 16.6. The van der Waals surface area contributed by atoms with Crippen molar-refractivity contribution in [2.45, 2.75) is 19.4 Å². The van der Waals surface area contributed by atoms with Crippen molar-refractivity contribution < 1.29 is 14.3 Å². The highest BCUT2D eigenvalue weighted by Gasteiger charge is 2.34. The molecule has 1 aromatic heterocycles. The molecule has 0 aliphatic carbocycles. The van der Waals surface area contributed by atoms with Crippen molar-refractivity contribution in [3.8, 4) is 11.5 Å². The lowest BCUT2D eigenvalue weighted by Gasteiger charge is -2.10. The first-order valence-electron chi connectivity index (χ1n) is 6.62. The van der Waals surface area contributed by atoms with Gasteiger partial charge in [-0.1, -0.05) is 18.2 Å². The number of aryl methyl sites for hydroxylation is 1. The highest BCUT2D eigenvalue weighted by Crippen LogP contribution is 2.36. The monoisotopic (exact) mass is 272 g/mol. The second-order valence-corrected chi connectivity index (χ2v) is 4.64. The molecule has 1 aliphatic rings. The van der Waals surface area contributed by atoms with Crippen LogP contribution in [0.1, 0.15) is 28.9 Å². The molecular weight excluding hydrogens is 256 g/mol. The Kier molecular flexibility index (Phi) is 3.18. The fourth-order valence-electron chi connectivity index (χ4n) is 2.55. The summed E-state index contributed by atoms with van der Waals surface area (Å²) in [4.78, 5) is 12.8. The predicted octanol–water partition coefficient (Wildman–Crippen LogP) is 2.27. The summed E-state index contributed by atoms with van der Waals surface area (Å²) in [5.74, 6) is 1.00. The molecule has 0 radical (unpaired) electrons. The van der Waals surface area contributed by atoms with Crippen LogP contribution in [0.4, 0.5) is 0 Å². The van der Waals surface area contributed by atoms with Crippen LogP contribution < -0.4 is 9.47 Å². The Balaban J connectivity index is 2.00. The van der Waals surface area contributed by atoms with Crippen molar-refractivity contribution in [3.63, 3.8) is 0 Å². The number of hydrogen-bond donors (Lipinski definition) is 0. The molecule has 0 spiro atoms. The first-order chi connectivity index (χ1) is 9.76. The Morgan fingerprint density at radius 1 is 1.50 bits per heavy atom. The van der Waals surface area contributed by atoms with Gasteiger partial charge in [-0.15, -0.1) is 0 Å². The molecule has 1 atom stereocenters. The highest BCUT2D eigenvalue weighted by atomic mass is 16.5. The van der Waals surface area contributed by atoms with E-state index in [4.69, 9.17) is 9.47 Å². The number of methoxy groups -OCH3 is 1. The second kappa shape index (κ2) is 5.00. The van der Waals surface area contributed by atoms with Crippen molar-refractivity contribution in [1.29, 1.82) is 0 Å². The van der Waals surface area contributed by atoms with Crippen LogP contribution in [-0.2, 0) is 6.54 Å². The van der Waals surface area contributed by atoms with Gasteiger partial charge in [0, 0.05) is 12.1 Å². The summed E-state index contributed by atoms with van der Waals surface area (Å²) in [6.45, 7) is 2.94. The SMILES string of the molecule is CCn1ncc(OC)c1C(=O)C1COc2ccccc21. The molecule has 1 aliphatic heterocycles. The predicted molar refractivity (Wildman–Crippen MR) is 73.5 cm³/mol. The number of fused-ring (bicyclic) bond motifs is 1. The third-order valence-electron chi connectivity index (χ3n) is 3.58. The first-order valence-corrected chi connectivity index (χ1v) is 6.62. The zero-order chi connectivity index (χ0) is 14.1. The Morgan fingerprint density at radius 3 is 3.05 bits per heavy atom. The summed E-state index contributed by atoms with van der Waals surface area (Å²) in [5.41, 5.74) is 1.45. The van der Waals surface area contributed by atoms with Crippen molar-refractivity contribution in [1.82, 2.24) is 9.78 Å². The van der Waals surface area contributed by atoms with Gasteiger partial charge in [0.05, 0.1) is 19.2 Å². The third-order valence-corrected chi connectivity index (χ3v) is 3.58. The number of benzene rings is 1. The minimum atomic E-state index is -0.290. The quantitative estimate of drug-likeness (QED) is 0.801. The van der Waals surface area contributed by atoms with Gasteiger partial charge in [0.15, 0.2) is 11.5 Å². The fourth-order valence-corrected chi connectivity index (χ4v) is 2.55. The highest BCUT2D eigenvalue weighted by molar-refractivity contribution is 6.02. The average molecular weight is 272 g/mol. The first kappa shape index (κ1) is 12.7. The number of nitrogens with zero attached hydrogens (tertiary/aromatic N) is 2. The number of carbonyl (C=O) groups is 1. The largest absolute Gasteiger partial charge is 0.493 e. The van der Waals surface area contributed by atoms with Crippen molar-refractivity contribution in [2.75, 3.05) is 13.7 Å². The third kappa shape index (κ3) is 1.86. The van der Waals surface area contributed by atoms with Gasteiger partial charge in [-0.25, -0.2) is 0 Å². The van der Waals surface area contributed by atoms with E-state index < -0.39 is 0 Å². The smallest absolute Gasteiger partial charge is 0.195 e. The number of aromatic nitrogens is 2. The van der Waals surface area contributed by atoms with Crippen LogP contribution in [0.15, 0.2) is 30.5 Å². The molecule has 0 N–H and O–H groups in total. The summed E-state index contributed by atoms with van der Waals surface area (Å²) in [5, 5.41) is 4.18. The van der Waals surface area contributed by atoms with Crippen LogP contribution in [0.5, 0.6) is 11.5 Å². The standard InChI is InChI=1S/C15H16N2O3/c1-3-17-14(13(19-2)8-16-17)15(18)11-9-20-12-7-5-4-6-10(11)12/h4-8,11H,3,9H2,1-2H3. The molecule has 1 aromatic carbocycles. The van der Waals surface area contributed by atoms with Crippen LogP contribution in [0.25, 0.3) is 0 Å². The fraction of sp³-hybridized carbons (Fsp3) is 0.333. The minimum absolute atomic E-state index is 0.00819. The number of carbonyl (C=O) groups excluding carboxylic acids is 1. The molecule has 5 nitrogen and oxygen atoms in total. The topological polar surface area (TPSA) is 53.4 Å². The summed E-state index contributed by atoms with van der Waals surface area (Å²) < 4.78 is 12.5. The molecule has 5 heteroatoms. The molecule has 20 heavy (non-hydrogen) atoms. The summed E-state index contributed by atoms with van der Waals surface area (Å²) >= 11 is 0. The molecular formula is C15H16N2O3. The molecule has 2 aromatic rings. The Morgan fingerprint density at radius 2 is 2.30 bits per heavy atom. The lowest BCUT2D eigenvalue weighted by molar-refractivity contribution is 0.0933. The molecule has 1 unspecified atom stereocenters. The van der Waals surface area contributed by atoms with E-state index in [1.54, 1.807) is 18.0 Å². The molecule has 0 bridgehead atoms. The maximum Gasteiger partial charge on any atom is 0.195 e. The zero-order valence-corrected chi connectivity index (χ0v) is 11.5. The van der Waals surface area contributed by atoms with E-state index in [1.165, 1.54) is 0 Å². The van der Waals surface area contributed by atoms with E-state index in [-0.39, 0.29) is 11.7 Å². The number of hydrogen-bond acceptors (Lipinski definition) is 4. The van der Waals surface area contributed by atoms with E-state index in [9.17, 15) is 4.79 Å². The Hall–Kier alpha value is -2.30. The number of rotatable bonds is 4. The van der Waals surface area contributed by atoms with Crippen molar-refractivity contribution >= 4 is 5.78 Å². The van der Waals surface area contributed by atoms with Gasteiger partial charge in [0.25, 0.3) is 0 Å². The van der Waals surface area contributed by atoms with Crippen molar-refractivity contribution in [2.24, 2.45) is 0 Å². The molecule has 3 rings (SSSR count). The van der Waals surface area contributed by atoms with Crippen LogP contribution >= 0.6 is 0 Å². The lowest BCUT2D eigenvalue weighted by Crippen LogP contribution is -2.19. The molecule has 0 amide bonds. The lowest BCUT2D eigenvalue weighted by atomic mass is 9.94. The molecule has 104 valence electrons. The summed E-state index contributed by atoms with van der Waals surface area (Å²) in [6.07, 6.45) is 1.58. The maximum atomic E-state index is 12.8. The van der Waals surface area contributed by atoms with E-state index in [0.717, 1.165) is 11.3 Å². The zero-order valence-electron chi connectivity index (χ0n) is 11.5.